The van der Waals surface area contributed by atoms with Crippen LogP contribution in [0.2, 0.25) is 0 Å². The van der Waals surface area contributed by atoms with Crippen molar-refractivity contribution in [3.63, 3.8) is 0 Å². The maximum absolute atomic E-state index is 13.7. The van der Waals surface area contributed by atoms with E-state index in [2.05, 4.69) is 108 Å². The monoisotopic (exact) mass is 1100 g/mol. The maximum atomic E-state index is 13.7. The summed E-state index contributed by atoms with van der Waals surface area (Å²) >= 11 is 0. The molecule has 0 bridgehead atoms. The zero-order valence-corrected chi connectivity index (χ0v) is 46.1. The van der Waals surface area contributed by atoms with Gasteiger partial charge in [0.05, 0.1) is 33.4 Å². The smallest absolute Gasteiger partial charge is 0.252 e. The van der Waals surface area contributed by atoms with Crippen molar-refractivity contribution in [1.29, 1.82) is 0 Å². The molecule has 0 saturated carbocycles. The molecule has 0 radical (unpaired) electrons. The fourth-order valence-corrected chi connectivity index (χ4v) is 12.0. The Kier molecular flexibility index (Phi) is 12.5. The molecule has 4 N–H and O–H groups in total. The highest BCUT2D eigenvalue weighted by Gasteiger charge is 2.26. The summed E-state index contributed by atoms with van der Waals surface area (Å²) in [6, 6.07) is 88.7. The van der Waals surface area contributed by atoms with Gasteiger partial charge >= 0.3 is 0 Å². The minimum atomic E-state index is -0.593. The Morgan fingerprint density at radius 2 is 0.570 bits per heavy atom. The van der Waals surface area contributed by atoms with E-state index >= 15 is 0 Å². The summed E-state index contributed by atoms with van der Waals surface area (Å²) in [5.74, 6) is 1.12. The molecule has 0 atom stereocenters. The second-order valence-corrected chi connectivity index (χ2v) is 21.1. The third-order valence-corrected chi connectivity index (χ3v) is 16.0. The molecule has 86 heavy (non-hydrogen) atoms. The van der Waals surface area contributed by atoms with E-state index in [1.165, 1.54) is 11.1 Å². The maximum Gasteiger partial charge on any atom is 0.252 e. The Morgan fingerprint density at radius 3 is 1.01 bits per heavy atom. The van der Waals surface area contributed by atoms with Crippen molar-refractivity contribution >= 4 is 98.6 Å². The van der Waals surface area contributed by atoms with Gasteiger partial charge in [-0.15, -0.1) is 0 Å². The molecule has 404 valence electrons. The first kappa shape index (κ1) is 51.0. The summed E-state index contributed by atoms with van der Waals surface area (Å²) in [7, 11) is 0. The predicted octanol–water partition coefficient (Wildman–Crippen LogP) is 16.9. The molecule has 3 heterocycles. The van der Waals surface area contributed by atoms with Crippen LogP contribution < -0.4 is 22.3 Å². The third kappa shape index (κ3) is 8.76. The molecule has 0 saturated heterocycles. The van der Waals surface area contributed by atoms with Crippen molar-refractivity contribution in [2.75, 3.05) is 11.5 Å². The average Bonchev–Trinajstić information content (AvgIpc) is 0.755. The molecule has 10 nitrogen and oxygen atoms in total. The summed E-state index contributed by atoms with van der Waals surface area (Å²) in [5.41, 5.74) is 26.9. The van der Waals surface area contributed by atoms with Crippen LogP contribution in [0.25, 0.3) is 155 Å². The number of hydrogen-bond acceptors (Lipinski definition) is 10. The van der Waals surface area contributed by atoms with Crippen LogP contribution in [0.1, 0.15) is 0 Å². The Morgan fingerprint density at radius 1 is 0.233 bits per heavy atom. The first-order valence-corrected chi connectivity index (χ1v) is 28.3. The molecule has 0 spiro atoms. The van der Waals surface area contributed by atoms with Crippen molar-refractivity contribution in [2.24, 2.45) is 0 Å². The van der Waals surface area contributed by atoms with Crippen LogP contribution in [-0.2, 0) is 0 Å². The molecule has 17 aromatic rings. The zero-order valence-electron chi connectivity index (χ0n) is 46.1. The number of anilines is 2. The number of nitrogens with zero attached hydrogens (tertiary/aromatic N) is 6. The molecular weight excluding hydrogens is 1060 g/mol. The topological polar surface area (TPSA) is 164 Å². The van der Waals surface area contributed by atoms with Gasteiger partial charge in [-0.25, -0.2) is 29.9 Å². The predicted molar refractivity (Wildman–Crippen MR) is 354 cm³/mol. The molecule has 14 aromatic carbocycles. The molecule has 17 rings (SSSR count). The lowest BCUT2D eigenvalue weighted by molar-refractivity contribution is 1.25. The Balaban J connectivity index is 0.000000130. The van der Waals surface area contributed by atoms with Crippen LogP contribution in [-0.4, -0.2) is 29.9 Å². The van der Waals surface area contributed by atoms with Crippen LogP contribution >= 0.6 is 0 Å². The van der Waals surface area contributed by atoms with E-state index in [1.54, 1.807) is 12.1 Å². The third-order valence-electron chi connectivity index (χ3n) is 16.0. The Bertz CT molecular complexity index is 5490. The lowest BCUT2D eigenvalue weighted by Gasteiger charge is -2.20. The molecule has 0 unspecified atom stereocenters. The van der Waals surface area contributed by atoms with Crippen molar-refractivity contribution in [2.45, 2.75) is 0 Å². The first-order valence-electron chi connectivity index (χ1n) is 28.3. The summed E-state index contributed by atoms with van der Waals surface area (Å²) in [4.78, 5) is 57.6. The number of nitrogens with two attached hydrogens (primary N) is 2. The quantitative estimate of drug-likeness (QED) is 0.0709. The second kappa shape index (κ2) is 21.1. The van der Waals surface area contributed by atoms with Gasteiger partial charge in [-0.3, -0.25) is 9.59 Å². The average molecular weight is 1110 g/mol. The van der Waals surface area contributed by atoms with E-state index in [9.17, 15) is 9.59 Å². The molecule has 0 aliphatic carbocycles. The number of nitrogen functional groups attached to an aromatic ring is 2. The summed E-state index contributed by atoms with van der Waals surface area (Å²) < 4.78 is 0. The molecule has 10 heteroatoms. The van der Waals surface area contributed by atoms with Gasteiger partial charge in [-0.1, -0.05) is 218 Å². The summed E-state index contributed by atoms with van der Waals surface area (Å²) in [5, 5.41) is 7.10. The fourth-order valence-electron chi connectivity index (χ4n) is 12.0. The number of fused-ring (bicyclic) bond motifs is 4. The number of hydrogen-bond donors (Lipinski definition) is 2. The number of aromatic nitrogens is 6. The van der Waals surface area contributed by atoms with Gasteiger partial charge in [0, 0.05) is 43.4 Å². The largest absolute Gasteiger partial charge is 0.397 e. The van der Waals surface area contributed by atoms with Gasteiger partial charge in [0.1, 0.15) is 22.1 Å². The van der Waals surface area contributed by atoms with Gasteiger partial charge < -0.3 is 11.5 Å². The number of benzene rings is 14. The number of para-hydroxylation sites is 4. The van der Waals surface area contributed by atoms with Crippen LogP contribution in [0.4, 0.5) is 11.4 Å². The first-order chi connectivity index (χ1) is 42.3. The molecule has 3 aromatic heterocycles. The van der Waals surface area contributed by atoms with Crippen molar-refractivity contribution < 1.29 is 0 Å². The molecule has 0 fully saturated rings. The van der Waals surface area contributed by atoms with Crippen LogP contribution in [0.3, 0.4) is 0 Å². The summed E-state index contributed by atoms with van der Waals surface area (Å²) in [6.07, 6.45) is 0. The van der Waals surface area contributed by atoms with Gasteiger partial charge in [0.2, 0.25) is 5.43 Å². The molecule has 0 aliphatic rings. The normalized spacial score (nSPS) is 11.4. The SMILES string of the molecule is Nc1ccccc1N.O=c1c(=O)c2c(-c3ccccc3)cc(-c3ccccc3)c3ccc4nc(-c5ccccc5)nc1c4c32.c1ccc(-c2nc3ccc4c(-c5ccccc5)cc(-c5ccccc5)c5c6nc7ccccc7nc6c(n2)c3c45)cc1. The van der Waals surface area contributed by atoms with Crippen molar-refractivity contribution in [1.82, 2.24) is 29.9 Å². The lowest BCUT2D eigenvalue weighted by Crippen LogP contribution is -2.26. The zero-order chi connectivity index (χ0) is 57.8. The highest BCUT2D eigenvalue weighted by Crippen LogP contribution is 2.48. The van der Waals surface area contributed by atoms with E-state index in [0.29, 0.717) is 39.3 Å². The van der Waals surface area contributed by atoms with Crippen LogP contribution in [0, 0.1) is 0 Å². The van der Waals surface area contributed by atoms with E-state index in [-0.39, 0.29) is 5.52 Å². The van der Waals surface area contributed by atoms with E-state index in [0.717, 1.165) is 110 Å². The Hall–Kier alpha value is -11.9. The van der Waals surface area contributed by atoms with E-state index < -0.39 is 10.9 Å². The highest BCUT2D eigenvalue weighted by atomic mass is 16.2. The van der Waals surface area contributed by atoms with Gasteiger partial charge in [-0.2, -0.15) is 0 Å². The van der Waals surface area contributed by atoms with Gasteiger partial charge in [0.25, 0.3) is 5.43 Å². The lowest BCUT2D eigenvalue weighted by atomic mass is 9.86. The van der Waals surface area contributed by atoms with Gasteiger partial charge in [0.15, 0.2) is 11.6 Å². The van der Waals surface area contributed by atoms with Crippen LogP contribution in [0.5, 0.6) is 0 Å². The highest BCUT2D eigenvalue weighted by molar-refractivity contribution is 6.36. The van der Waals surface area contributed by atoms with E-state index in [4.69, 9.17) is 36.4 Å². The van der Waals surface area contributed by atoms with Crippen molar-refractivity contribution in [3.05, 3.63) is 287 Å². The van der Waals surface area contributed by atoms with Crippen molar-refractivity contribution in [3.8, 4) is 67.3 Å². The minimum Gasteiger partial charge on any atom is -0.397 e. The molecule has 0 aliphatic heterocycles. The van der Waals surface area contributed by atoms with Gasteiger partial charge in [-0.05, 0) is 104 Å². The standard InChI is InChI=1S/C38H22N4.C32H18N2O2.C6H8N2/c1-4-12-23(13-5-1)27-22-28(24-14-6-2-7-15-24)33-32-26(27)20-21-31-34(32)36(42-38(41-31)25-16-8-3-9-17-25)37-35(33)39-29-18-10-11-19-30(29)40-37;35-30-27-24(20-12-6-2-7-13-20)18-23(19-10-4-1-5-11-19)22-16-17-25-28(26(22)27)29(31(30)36)34-32(33-25)21-14-8-3-9-15-21;7-5-3-1-2-4-6(5)8/h1-22H;1-18H;1-4H,7-8H2. The van der Waals surface area contributed by atoms with Crippen LogP contribution in [0.15, 0.2) is 277 Å². The summed E-state index contributed by atoms with van der Waals surface area (Å²) in [6.45, 7) is 0. The van der Waals surface area contributed by atoms with E-state index in [1.807, 2.05) is 152 Å². The second-order valence-electron chi connectivity index (χ2n) is 21.1. The number of rotatable bonds is 6. The molecular formula is C76H48N8O2. The molecule has 0 amide bonds. The fraction of sp³-hybridized carbons (Fsp3) is 0. The minimum absolute atomic E-state index is 0.172. The Labute approximate surface area is 492 Å².